The lowest BCUT2D eigenvalue weighted by molar-refractivity contribution is 0.0994. The van der Waals surface area contributed by atoms with Crippen molar-refractivity contribution in [2.45, 2.75) is 6.04 Å². The maximum absolute atomic E-state index is 10.7. The van der Waals surface area contributed by atoms with Gasteiger partial charge in [-0.15, -0.1) is 0 Å². The predicted molar refractivity (Wildman–Crippen MR) is 42.7 cm³/mol. The minimum Gasteiger partial charge on any atom is -0.364 e. The lowest BCUT2D eigenvalue weighted by Gasteiger charge is -2.27. The molecule has 0 unspecified atom stereocenters. The van der Waals surface area contributed by atoms with E-state index in [-0.39, 0.29) is 0 Å². The van der Waals surface area contributed by atoms with E-state index in [9.17, 15) is 4.79 Å². The molecule has 1 fully saturated rings. The van der Waals surface area contributed by atoms with Crippen LogP contribution in [0.2, 0.25) is 0 Å². The minimum atomic E-state index is -0.471. The number of aromatic nitrogens is 2. The molecule has 1 amide bonds. The molecule has 0 spiro atoms. The van der Waals surface area contributed by atoms with E-state index in [1.165, 1.54) is 0 Å². The van der Waals surface area contributed by atoms with Crippen molar-refractivity contribution < 1.29 is 4.79 Å². The van der Waals surface area contributed by atoms with Gasteiger partial charge >= 0.3 is 0 Å². The van der Waals surface area contributed by atoms with E-state index in [0.29, 0.717) is 11.7 Å². The first-order valence-electron chi connectivity index (χ1n) is 3.83. The third-order valence-corrected chi connectivity index (χ3v) is 1.99. The Hall–Kier alpha value is -1.36. The molecule has 0 aliphatic carbocycles. The summed E-state index contributed by atoms with van der Waals surface area (Å²) in [6.07, 6.45) is 1.78. The van der Waals surface area contributed by atoms with Crippen LogP contribution >= 0.6 is 0 Å². The van der Waals surface area contributed by atoms with Gasteiger partial charge in [-0.05, 0) is 6.07 Å². The molecule has 1 aliphatic rings. The standard InChI is InChI=1S/C7H10N4O/c8-7(12)6-1-2-11(10-6)5-3-9-4-5/h1-2,5,9H,3-4H2,(H2,8,12). The zero-order chi connectivity index (χ0) is 8.55. The van der Waals surface area contributed by atoms with Gasteiger partial charge in [0.1, 0.15) is 5.69 Å². The first-order valence-corrected chi connectivity index (χ1v) is 3.83. The highest BCUT2D eigenvalue weighted by Crippen LogP contribution is 2.10. The molecule has 0 aromatic carbocycles. The topological polar surface area (TPSA) is 72.9 Å². The molecule has 0 radical (unpaired) electrons. The van der Waals surface area contributed by atoms with Gasteiger partial charge in [-0.3, -0.25) is 9.48 Å². The zero-order valence-corrected chi connectivity index (χ0v) is 6.53. The number of nitrogens with one attached hydrogen (secondary N) is 1. The molecular weight excluding hydrogens is 156 g/mol. The third-order valence-electron chi connectivity index (χ3n) is 1.99. The van der Waals surface area contributed by atoms with Gasteiger partial charge in [0, 0.05) is 19.3 Å². The molecule has 3 N–H and O–H groups in total. The number of nitrogens with two attached hydrogens (primary N) is 1. The summed E-state index contributed by atoms with van der Waals surface area (Å²) >= 11 is 0. The molecule has 1 aliphatic heterocycles. The molecule has 0 atom stereocenters. The molecule has 1 saturated heterocycles. The van der Waals surface area contributed by atoms with E-state index in [4.69, 9.17) is 5.73 Å². The summed E-state index contributed by atoms with van der Waals surface area (Å²) in [5.41, 5.74) is 5.39. The molecule has 5 heteroatoms. The first-order chi connectivity index (χ1) is 5.77. The number of primary amides is 1. The fourth-order valence-electron chi connectivity index (χ4n) is 1.13. The summed E-state index contributed by atoms with van der Waals surface area (Å²) in [5, 5.41) is 7.16. The summed E-state index contributed by atoms with van der Waals surface area (Å²) in [4.78, 5) is 10.7. The fraction of sp³-hybridized carbons (Fsp3) is 0.429. The van der Waals surface area contributed by atoms with Gasteiger partial charge < -0.3 is 11.1 Å². The van der Waals surface area contributed by atoms with Crippen LogP contribution in [0.1, 0.15) is 16.5 Å². The van der Waals surface area contributed by atoms with Gasteiger partial charge in [0.05, 0.1) is 6.04 Å². The summed E-state index contributed by atoms with van der Waals surface area (Å²) in [5.74, 6) is -0.471. The Bertz CT molecular complexity index is 302. The highest BCUT2D eigenvalue weighted by molar-refractivity contribution is 5.90. The van der Waals surface area contributed by atoms with Crippen molar-refractivity contribution in [3.8, 4) is 0 Å². The summed E-state index contributed by atoms with van der Waals surface area (Å²) < 4.78 is 1.77. The highest BCUT2D eigenvalue weighted by atomic mass is 16.1. The molecule has 1 aromatic heterocycles. The normalized spacial score (nSPS) is 17.3. The van der Waals surface area contributed by atoms with Crippen LogP contribution in [0.5, 0.6) is 0 Å². The van der Waals surface area contributed by atoms with Gasteiger partial charge in [0.15, 0.2) is 0 Å². The van der Waals surface area contributed by atoms with E-state index in [2.05, 4.69) is 10.4 Å². The Morgan fingerprint density at radius 2 is 2.50 bits per heavy atom. The van der Waals surface area contributed by atoms with E-state index in [1.807, 2.05) is 0 Å². The van der Waals surface area contributed by atoms with Crippen molar-refractivity contribution in [1.29, 1.82) is 0 Å². The molecular formula is C7H10N4O. The van der Waals surface area contributed by atoms with Crippen molar-refractivity contribution in [3.63, 3.8) is 0 Å². The Balaban J connectivity index is 2.17. The predicted octanol–water partition coefficient (Wildman–Crippen LogP) is -0.874. The average Bonchev–Trinajstić information content (AvgIpc) is 2.32. The second-order valence-electron chi connectivity index (χ2n) is 2.86. The molecule has 1 aromatic rings. The van der Waals surface area contributed by atoms with Crippen LogP contribution in [0.3, 0.4) is 0 Å². The van der Waals surface area contributed by atoms with Gasteiger partial charge in [-0.1, -0.05) is 0 Å². The second-order valence-corrected chi connectivity index (χ2v) is 2.86. The summed E-state index contributed by atoms with van der Waals surface area (Å²) in [6.45, 7) is 1.83. The van der Waals surface area contributed by atoms with E-state index in [1.54, 1.807) is 16.9 Å². The SMILES string of the molecule is NC(=O)c1ccn(C2CNC2)n1. The molecule has 0 bridgehead atoms. The van der Waals surface area contributed by atoms with Crippen LogP contribution in [0.15, 0.2) is 12.3 Å². The smallest absolute Gasteiger partial charge is 0.269 e. The van der Waals surface area contributed by atoms with Gasteiger partial charge in [0.25, 0.3) is 5.91 Å². The lowest BCUT2D eigenvalue weighted by atomic mass is 10.2. The Labute approximate surface area is 69.5 Å². The molecule has 0 saturated carbocycles. The van der Waals surface area contributed by atoms with Gasteiger partial charge in [-0.25, -0.2) is 0 Å². The maximum atomic E-state index is 10.7. The van der Waals surface area contributed by atoms with Gasteiger partial charge in [0.2, 0.25) is 0 Å². The van der Waals surface area contributed by atoms with Crippen LogP contribution in [0.25, 0.3) is 0 Å². The molecule has 2 heterocycles. The number of carbonyl (C=O) groups is 1. The average molecular weight is 166 g/mol. The maximum Gasteiger partial charge on any atom is 0.269 e. The molecule has 12 heavy (non-hydrogen) atoms. The monoisotopic (exact) mass is 166 g/mol. The molecule has 64 valence electrons. The van der Waals surface area contributed by atoms with Crippen molar-refractivity contribution >= 4 is 5.91 Å². The van der Waals surface area contributed by atoms with Crippen molar-refractivity contribution in [1.82, 2.24) is 15.1 Å². The number of carbonyl (C=O) groups excluding carboxylic acids is 1. The summed E-state index contributed by atoms with van der Waals surface area (Å²) in [7, 11) is 0. The number of hydrogen-bond acceptors (Lipinski definition) is 3. The molecule has 5 nitrogen and oxygen atoms in total. The number of nitrogens with zero attached hydrogens (tertiary/aromatic N) is 2. The number of rotatable bonds is 2. The largest absolute Gasteiger partial charge is 0.364 e. The lowest BCUT2D eigenvalue weighted by Crippen LogP contribution is -2.43. The minimum absolute atomic E-state index is 0.335. The van der Waals surface area contributed by atoms with E-state index < -0.39 is 5.91 Å². The quantitative estimate of drug-likeness (QED) is 0.599. The van der Waals surface area contributed by atoms with E-state index in [0.717, 1.165) is 13.1 Å². The van der Waals surface area contributed by atoms with Crippen LogP contribution in [-0.4, -0.2) is 28.8 Å². The highest BCUT2D eigenvalue weighted by Gasteiger charge is 2.19. The second kappa shape index (κ2) is 2.60. The number of hydrogen-bond donors (Lipinski definition) is 2. The molecule has 2 rings (SSSR count). The van der Waals surface area contributed by atoms with Crippen LogP contribution in [-0.2, 0) is 0 Å². The van der Waals surface area contributed by atoms with Crippen LogP contribution in [0, 0.1) is 0 Å². The Morgan fingerprint density at radius 3 is 2.92 bits per heavy atom. The number of amides is 1. The Morgan fingerprint density at radius 1 is 1.75 bits per heavy atom. The van der Waals surface area contributed by atoms with Crippen molar-refractivity contribution in [2.24, 2.45) is 5.73 Å². The Kier molecular flexibility index (Phi) is 1.58. The third kappa shape index (κ3) is 1.08. The first kappa shape index (κ1) is 7.30. The van der Waals surface area contributed by atoms with E-state index >= 15 is 0 Å². The van der Waals surface area contributed by atoms with Crippen LogP contribution < -0.4 is 11.1 Å². The van der Waals surface area contributed by atoms with Crippen LogP contribution in [0.4, 0.5) is 0 Å². The van der Waals surface area contributed by atoms with Crippen molar-refractivity contribution in [2.75, 3.05) is 13.1 Å². The van der Waals surface area contributed by atoms with Gasteiger partial charge in [-0.2, -0.15) is 5.10 Å². The zero-order valence-electron chi connectivity index (χ0n) is 6.53. The summed E-state index contributed by atoms with van der Waals surface area (Å²) in [6, 6.07) is 2.03. The fourth-order valence-corrected chi connectivity index (χ4v) is 1.13. The van der Waals surface area contributed by atoms with Crippen molar-refractivity contribution in [3.05, 3.63) is 18.0 Å².